The first-order valence-corrected chi connectivity index (χ1v) is 5.96. The van der Waals surface area contributed by atoms with Crippen LogP contribution in [0.3, 0.4) is 0 Å². The second-order valence-electron chi connectivity index (χ2n) is 4.88. The zero-order valence-electron chi connectivity index (χ0n) is 9.20. The fourth-order valence-corrected chi connectivity index (χ4v) is 2.68. The molecule has 0 atom stereocenters. The summed E-state index contributed by atoms with van der Waals surface area (Å²) in [5, 5.41) is 2.88. The van der Waals surface area contributed by atoms with E-state index in [1.807, 2.05) is 0 Å². The Hall–Kier alpha value is -1.10. The minimum atomic E-state index is -0.648. The SMILES string of the molecule is O=C1NC2(CCOCC2)C(=O)N1C1CCC1. The zero-order chi connectivity index (χ0) is 11.2. The molecular weight excluding hydrogens is 208 g/mol. The Morgan fingerprint density at radius 1 is 1.25 bits per heavy atom. The van der Waals surface area contributed by atoms with E-state index in [2.05, 4.69) is 5.32 Å². The molecule has 2 heterocycles. The normalized spacial score (nSPS) is 29.4. The van der Waals surface area contributed by atoms with Crippen molar-refractivity contribution in [2.24, 2.45) is 0 Å². The summed E-state index contributed by atoms with van der Waals surface area (Å²) in [5.74, 6) is -0.0227. The summed E-state index contributed by atoms with van der Waals surface area (Å²) in [5.41, 5.74) is -0.648. The first kappa shape index (κ1) is 10.1. The minimum Gasteiger partial charge on any atom is -0.381 e. The summed E-state index contributed by atoms with van der Waals surface area (Å²) in [6, 6.07) is -0.0497. The van der Waals surface area contributed by atoms with Gasteiger partial charge in [-0.05, 0) is 19.3 Å². The summed E-state index contributed by atoms with van der Waals surface area (Å²) >= 11 is 0. The van der Waals surface area contributed by atoms with Crippen LogP contribution in [0.5, 0.6) is 0 Å². The van der Waals surface area contributed by atoms with E-state index < -0.39 is 5.54 Å². The summed E-state index contributed by atoms with van der Waals surface area (Å²) < 4.78 is 5.25. The lowest BCUT2D eigenvalue weighted by molar-refractivity contribution is -0.137. The number of hydrogen-bond acceptors (Lipinski definition) is 3. The number of carbonyl (C=O) groups excluding carboxylic acids is 2. The van der Waals surface area contributed by atoms with Gasteiger partial charge in [-0.15, -0.1) is 0 Å². The predicted octanol–water partition coefficient (Wildman–Crippen LogP) is 0.640. The number of ether oxygens (including phenoxy) is 1. The molecule has 3 fully saturated rings. The van der Waals surface area contributed by atoms with Gasteiger partial charge in [-0.25, -0.2) is 4.79 Å². The number of rotatable bonds is 1. The van der Waals surface area contributed by atoms with E-state index in [1.165, 1.54) is 4.90 Å². The van der Waals surface area contributed by atoms with Crippen LogP contribution in [0.2, 0.25) is 0 Å². The summed E-state index contributed by atoms with van der Waals surface area (Å²) in [6.45, 7) is 1.12. The highest BCUT2D eigenvalue weighted by Crippen LogP contribution is 2.34. The van der Waals surface area contributed by atoms with Gasteiger partial charge < -0.3 is 10.1 Å². The highest BCUT2D eigenvalue weighted by Gasteiger charge is 2.54. The summed E-state index contributed by atoms with van der Waals surface area (Å²) in [4.78, 5) is 25.6. The number of carbonyl (C=O) groups is 2. The van der Waals surface area contributed by atoms with E-state index >= 15 is 0 Å². The van der Waals surface area contributed by atoms with E-state index in [9.17, 15) is 9.59 Å². The van der Waals surface area contributed by atoms with E-state index in [1.54, 1.807) is 0 Å². The number of imide groups is 1. The van der Waals surface area contributed by atoms with E-state index in [4.69, 9.17) is 4.74 Å². The van der Waals surface area contributed by atoms with Crippen LogP contribution in [0.25, 0.3) is 0 Å². The fourth-order valence-electron chi connectivity index (χ4n) is 2.68. The summed E-state index contributed by atoms with van der Waals surface area (Å²) in [6.07, 6.45) is 4.27. The van der Waals surface area contributed by atoms with E-state index in [0.717, 1.165) is 19.3 Å². The van der Waals surface area contributed by atoms with Gasteiger partial charge >= 0.3 is 6.03 Å². The number of amides is 3. The monoisotopic (exact) mass is 224 g/mol. The van der Waals surface area contributed by atoms with Crippen LogP contribution in [0, 0.1) is 0 Å². The van der Waals surface area contributed by atoms with Crippen LogP contribution in [0.4, 0.5) is 4.79 Å². The van der Waals surface area contributed by atoms with Gasteiger partial charge in [-0.3, -0.25) is 9.69 Å². The van der Waals surface area contributed by atoms with Crippen molar-refractivity contribution in [2.75, 3.05) is 13.2 Å². The van der Waals surface area contributed by atoms with Crippen molar-refractivity contribution < 1.29 is 14.3 Å². The third kappa shape index (κ3) is 1.27. The number of nitrogens with zero attached hydrogens (tertiary/aromatic N) is 1. The maximum Gasteiger partial charge on any atom is 0.325 e. The molecule has 3 aliphatic rings. The molecule has 0 radical (unpaired) electrons. The molecule has 0 bridgehead atoms. The second kappa shape index (κ2) is 3.45. The van der Waals surface area contributed by atoms with Crippen molar-refractivity contribution in [2.45, 2.75) is 43.7 Å². The number of urea groups is 1. The molecule has 1 spiro atoms. The molecule has 1 N–H and O–H groups in total. The Labute approximate surface area is 94.1 Å². The first-order valence-electron chi connectivity index (χ1n) is 5.96. The second-order valence-corrected chi connectivity index (χ2v) is 4.88. The van der Waals surface area contributed by atoms with Crippen molar-refractivity contribution >= 4 is 11.9 Å². The van der Waals surface area contributed by atoms with Gasteiger partial charge in [-0.2, -0.15) is 0 Å². The van der Waals surface area contributed by atoms with E-state index in [-0.39, 0.29) is 18.0 Å². The van der Waals surface area contributed by atoms with Crippen LogP contribution in [-0.2, 0) is 9.53 Å². The molecule has 88 valence electrons. The molecule has 1 aliphatic carbocycles. The average Bonchev–Trinajstić information content (AvgIpc) is 2.42. The lowest BCUT2D eigenvalue weighted by atomic mass is 9.87. The van der Waals surface area contributed by atoms with Crippen molar-refractivity contribution in [1.29, 1.82) is 0 Å². The van der Waals surface area contributed by atoms with Crippen molar-refractivity contribution in [3.63, 3.8) is 0 Å². The largest absolute Gasteiger partial charge is 0.381 e. The van der Waals surface area contributed by atoms with Crippen LogP contribution in [0.15, 0.2) is 0 Å². The molecule has 0 aromatic carbocycles. The highest BCUT2D eigenvalue weighted by atomic mass is 16.5. The van der Waals surface area contributed by atoms with Crippen LogP contribution >= 0.6 is 0 Å². The van der Waals surface area contributed by atoms with Crippen LogP contribution in [0.1, 0.15) is 32.1 Å². The summed E-state index contributed by atoms with van der Waals surface area (Å²) in [7, 11) is 0. The first-order chi connectivity index (χ1) is 7.73. The minimum absolute atomic E-state index is 0.0227. The number of hydrogen-bond donors (Lipinski definition) is 1. The Morgan fingerprint density at radius 2 is 1.94 bits per heavy atom. The van der Waals surface area contributed by atoms with Crippen molar-refractivity contribution in [3.05, 3.63) is 0 Å². The molecule has 3 amide bonds. The Balaban J connectivity index is 1.83. The predicted molar refractivity (Wildman–Crippen MR) is 55.8 cm³/mol. The molecule has 0 aromatic heterocycles. The van der Waals surface area contributed by atoms with Gasteiger partial charge in [0.2, 0.25) is 0 Å². The standard InChI is InChI=1S/C11H16N2O3/c14-9-11(4-6-16-7-5-11)12-10(15)13(9)8-2-1-3-8/h8H,1-7H2,(H,12,15). The van der Waals surface area contributed by atoms with Gasteiger partial charge in [0.15, 0.2) is 0 Å². The number of nitrogens with one attached hydrogen (secondary N) is 1. The molecule has 0 unspecified atom stereocenters. The Morgan fingerprint density at radius 3 is 2.50 bits per heavy atom. The Kier molecular flexibility index (Phi) is 2.17. The average molecular weight is 224 g/mol. The van der Waals surface area contributed by atoms with Gasteiger partial charge in [0.1, 0.15) is 5.54 Å². The molecule has 1 saturated carbocycles. The maximum atomic E-state index is 12.3. The van der Waals surface area contributed by atoms with Crippen LogP contribution in [-0.4, -0.2) is 41.6 Å². The molecular formula is C11H16N2O3. The zero-order valence-corrected chi connectivity index (χ0v) is 9.20. The quantitative estimate of drug-likeness (QED) is 0.665. The Bertz CT molecular complexity index is 332. The third-order valence-electron chi connectivity index (χ3n) is 3.98. The van der Waals surface area contributed by atoms with Crippen molar-refractivity contribution in [3.8, 4) is 0 Å². The van der Waals surface area contributed by atoms with Gasteiger partial charge in [0, 0.05) is 32.1 Å². The topological polar surface area (TPSA) is 58.6 Å². The van der Waals surface area contributed by atoms with Gasteiger partial charge in [-0.1, -0.05) is 0 Å². The lowest BCUT2D eigenvalue weighted by Gasteiger charge is -2.34. The molecule has 5 nitrogen and oxygen atoms in total. The fraction of sp³-hybridized carbons (Fsp3) is 0.818. The van der Waals surface area contributed by atoms with Crippen LogP contribution < -0.4 is 5.32 Å². The molecule has 0 aromatic rings. The highest BCUT2D eigenvalue weighted by molar-refractivity contribution is 6.07. The maximum absolute atomic E-state index is 12.3. The van der Waals surface area contributed by atoms with Gasteiger partial charge in [0.05, 0.1) is 0 Å². The smallest absolute Gasteiger partial charge is 0.325 e. The third-order valence-corrected chi connectivity index (χ3v) is 3.98. The van der Waals surface area contributed by atoms with E-state index in [0.29, 0.717) is 26.1 Å². The molecule has 16 heavy (non-hydrogen) atoms. The molecule has 3 rings (SSSR count). The molecule has 2 aliphatic heterocycles. The molecule has 2 saturated heterocycles. The lowest BCUT2D eigenvalue weighted by Crippen LogP contribution is -2.52. The molecule has 5 heteroatoms. The van der Waals surface area contributed by atoms with Crippen molar-refractivity contribution in [1.82, 2.24) is 10.2 Å². The van der Waals surface area contributed by atoms with Gasteiger partial charge in [0.25, 0.3) is 5.91 Å².